The number of nitrogen functional groups attached to an aromatic ring is 1. The van der Waals surface area contributed by atoms with E-state index in [1.807, 2.05) is 36.4 Å². The van der Waals surface area contributed by atoms with Crippen molar-refractivity contribution >= 4 is 17.6 Å². The number of fused-ring (bicyclic) bond motifs is 1. The van der Waals surface area contributed by atoms with Crippen molar-refractivity contribution in [1.82, 2.24) is 15.1 Å². The van der Waals surface area contributed by atoms with E-state index < -0.39 is 0 Å². The molecule has 0 atom stereocenters. The van der Waals surface area contributed by atoms with Crippen molar-refractivity contribution in [2.24, 2.45) is 0 Å². The fourth-order valence-corrected chi connectivity index (χ4v) is 2.37. The molecule has 1 aromatic carbocycles. The number of pyridine rings is 1. The lowest BCUT2D eigenvalue weighted by atomic mass is 10.2. The van der Waals surface area contributed by atoms with E-state index in [4.69, 9.17) is 15.2 Å². The van der Waals surface area contributed by atoms with Crippen molar-refractivity contribution in [3.8, 4) is 17.3 Å². The summed E-state index contributed by atoms with van der Waals surface area (Å²) in [6.45, 7) is 1.06. The first-order chi connectivity index (χ1) is 11.3. The molecule has 1 aliphatic rings. The van der Waals surface area contributed by atoms with Crippen molar-refractivity contribution in [2.45, 2.75) is 0 Å². The molecular weight excluding hydrogens is 296 g/mol. The molecule has 1 aliphatic heterocycles. The van der Waals surface area contributed by atoms with Crippen molar-refractivity contribution in [3.05, 3.63) is 42.6 Å². The average molecular weight is 311 g/mol. The van der Waals surface area contributed by atoms with Gasteiger partial charge in [-0.1, -0.05) is 17.1 Å². The molecule has 8 nitrogen and oxygen atoms in total. The summed E-state index contributed by atoms with van der Waals surface area (Å²) < 4.78 is 12.8. The Morgan fingerprint density at radius 3 is 2.91 bits per heavy atom. The van der Waals surface area contributed by atoms with Crippen LogP contribution in [0.15, 0.2) is 42.6 Å². The molecule has 3 heterocycles. The molecule has 23 heavy (non-hydrogen) atoms. The molecule has 0 spiro atoms. The number of nitrogens with two attached hydrogens (primary N) is 1. The van der Waals surface area contributed by atoms with Crippen LogP contribution in [0.3, 0.4) is 0 Å². The maximum atomic E-state index is 5.95. The molecule has 0 unspecified atom stereocenters. The summed E-state index contributed by atoms with van der Waals surface area (Å²) in [5.41, 5.74) is 6.70. The standard InChI is InChI=1S/C15H14N6O2/c16-14-19-15(20-21(14)12-6-1-2-7-17-12)18-10-4-3-5-11-13(10)23-9-8-22-11/h1-7H,8-9H2,(H3,16,18,19,20)/p+1. The van der Waals surface area contributed by atoms with Crippen LogP contribution in [0.1, 0.15) is 0 Å². The van der Waals surface area contributed by atoms with Crippen LogP contribution in [-0.2, 0) is 0 Å². The van der Waals surface area contributed by atoms with Crippen LogP contribution in [0.4, 0.5) is 17.6 Å². The van der Waals surface area contributed by atoms with Crippen LogP contribution in [0.25, 0.3) is 5.82 Å². The minimum atomic E-state index is 0.299. The molecule has 0 saturated carbocycles. The van der Waals surface area contributed by atoms with E-state index in [9.17, 15) is 0 Å². The number of hydrogen-bond acceptors (Lipinski definition) is 6. The van der Waals surface area contributed by atoms with Gasteiger partial charge in [0, 0.05) is 6.07 Å². The Hall–Kier alpha value is -3.29. The topological polar surface area (TPSA) is 102 Å². The fraction of sp³-hybridized carbons (Fsp3) is 0.133. The lowest BCUT2D eigenvalue weighted by Crippen LogP contribution is -2.36. The van der Waals surface area contributed by atoms with Gasteiger partial charge in [0.2, 0.25) is 0 Å². The normalized spacial score (nSPS) is 12.9. The van der Waals surface area contributed by atoms with Crippen LogP contribution in [-0.4, -0.2) is 28.3 Å². The average Bonchev–Trinajstić information content (AvgIpc) is 2.96. The lowest BCUT2D eigenvalue weighted by molar-refractivity contribution is -0.644. The summed E-state index contributed by atoms with van der Waals surface area (Å²) in [6, 6.07) is 11.2. The van der Waals surface area contributed by atoms with Crippen molar-refractivity contribution < 1.29 is 14.2 Å². The van der Waals surface area contributed by atoms with Crippen LogP contribution >= 0.6 is 0 Å². The van der Waals surface area contributed by atoms with E-state index in [1.54, 1.807) is 10.9 Å². The highest BCUT2D eigenvalue weighted by Crippen LogP contribution is 2.38. The molecule has 0 radical (unpaired) electrons. The maximum Gasteiger partial charge on any atom is 0.370 e. The number of aromatic amines is 1. The van der Waals surface area contributed by atoms with E-state index in [1.165, 1.54) is 0 Å². The number of para-hydroxylation sites is 1. The number of aromatic nitrogens is 4. The summed E-state index contributed by atoms with van der Waals surface area (Å²) in [6.07, 6.45) is 1.69. The molecular formula is C15H15N6O2+. The van der Waals surface area contributed by atoms with Gasteiger partial charge in [0.1, 0.15) is 13.2 Å². The third-order valence-corrected chi connectivity index (χ3v) is 3.37. The molecule has 4 N–H and O–H groups in total. The zero-order valence-electron chi connectivity index (χ0n) is 12.2. The SMILES string of the molecule is Nc1nc(Nc2cccc3c2OCCO3)[nH][n+]1-c1ccccn1. The molecule has 0 amide bonds. The molecule has 0 bridgehead atoms. The summed E-state index contributed by atoms with van der Waals surface area (Å²) in [4.78, 5) is 8.51. The van der Waals surface area contributed by atoms with Gasteiger partial charge in [0.15, 0.2) is 11.5 Å². The molecule has 0 fully saturated rings. The van der Waals surface area contributed by atoms with E-state index in [0.29, 0.717) is 42.4 Å². The third-order valence-electron chi connectivity index (χ3n) is 3.37. The number of nitrogens with zero attached hydrogens (tertiary/aromatic N) is 3. The van der Waals surface area contributed by atoms with Crippen LogP contribution in [0.2, 0.25) is 0 Å². The number of anilines is 3. The number of ether oxygens (including phenoxy) is 2. The van der Waals surface area contributed by atoms with Gasteiger partial charge in [-0.25, -0.2) is 5.10 Å². The Bertz CT molecular complexity index is 833. The second kappa shape index (κ2) is 5.48. The molecule has 116 valence electrons. The van der Waals surface area contributed by atoms with Crippen molar-refractivity contribution in [1.29, 1.82) is 0 Å². The van der Waals surface area contributed by atoms with Crippen LogP contribution in [0, 0.1) is 0 Å². The third kappa shape index (κ3) is 2.50. The number of hydrogen-bond donors (Lipinski definition) is 3. The first kappa shape index (κ1) is 13.4. The number of H-pyrrole nitrogens is 1. The Morgan fingerprint density at radius 2 is 2.04 bits per heavy atom. The van der Waals surface area contributed by atoms with Gasteiger partial charge in [0.05, 0.1) is 11.9 Å². The second-order valence-corrected chi connectivity index (χ2v) is 4.91. The van der Waals surface area contributed by atoms with Gasteiger partial charge in [-0.2, -0.15) is 0 Å². The van der Waals surface area contributed by atoms with Crippen LogP contribution in [0.5, 0.6) is 11.5 Å². The molecule has 2 aromatic heterocycles. The number of benzene rings is 1. The maximum absolute atomic E-state index is 5.95. The fourth-order valence-electron chi connectivity index (χ4n) is 2.37. The van der Waals surface area contributed by atoms with Gasteiger partial charge in [-0.15, -0.1) is 9.67 Å². The van der Waals surface area contributed by atoms with E-state index in [0.717, 1.165) is 5.69 Å². The Morgan fingerprint density at radius 1 is 1.13 bits per heavy atom. The van der Waals surface area contributed by atoms with E-state index in [2.05, 4.69) is 20.4 Å². The molecule has 8 heteroatoms. The highest BCUT2D eigenvalue weighted by Gasteiger charge is 2.19. The quantitative estimate of drug-likeness (QED) is 0.628. The van der Waals surface area contributed by atoms with Gasteiger partial charge < -0.3 is 20.5 Å². The lowest BCUT2D eigenvalue weighted by Gasteiger charge is -2.20. The predicted molar refractivity (Wildman–Crippen MR) is 83.0 cm³/mol. The summed E-state index contributed by atoms with van der Waals surface area (Å²) in [7, 11) is 0. The minimum Gasteiger partial charge on any atom is -0.486 e. The molecule has 4 rings (SSSR count). The highest BCUT2D eigenvalue weighted by atomic mass is 16.6. The van der Waals surface area contributed by atoms with Gasteiger partial charge in [0.25, 0.3) is 11.8 Å². The number of rotatable bonds is 3. The summed E-state index contributed by atoms with van der Waals surface area (Å²) in [5, 5.41) is 6.23. The molecule has 0 saturated heterocycles. The van der Waals surface area contributed by atoms with E-state index in [-0.39, 0.29) is 0 Å². The number of nitrogens with one attached hydrogen (secondary N) is 2. The Labute approximate surface area is 131 Å². The zero-order chi connectivity index (χ0) is 15.6. The first-order valence-corrected chi connectivity index (χ1v) is 7.16. The molecule has 0 aliphatic carbocycles. The zero-order valence-corrected chi connectivity index (χ0v) is 12.2. The van der Waals surface area contributed by atoms with Crippen molar-refractivity contribution in [3.63, 3.8) is 0 Å². The monoisotopic (exact) mass is 311 g/mol. The van der Waals surface area contributed by atoms with E-state index >= 15 is 0 Å². The smallest absolute Gasteiger partial charge is 0.370 e. The summed E-state index contributed by atoms with van der Waals surface area (Å²) >= 11 is 0. The second-order valence-electron chi connectivity index (χ2n) is 4.91. The summed E-state index contributed by atoms with van der Waals surface area (Å²) in [5.74, 6) is 2.81. The predicted octanol–water partition coefficient (Wildman–Crippen LogP) is 1.18. The van der Waals surface area contributed by atoms with Gasteiger partial charge in [-0.05, 0) is 18.2 Å². The minimum absolute atomic E-state index is 0.299. The molecule has 3 aromatic rings. The first-order valence-electron chi connectivity index (χ1n) is 7.16. The van der Waals surface area contributed by atoms with Gasteiger partial charge >= 0.3 is 5.95 Å². The largest absolute Gasteiger partial charge is 0.486 e. The highest BCUT2D eigenvalue weighted by molar-refractivity contribution is 5.67. The van der Waals surface area contributed by atoms with Crippen molar-refractivity contribution in [2.75, 3.05) is 24.3 Å². The Balaban J connectivity index is 1.66. The Kier molecular flexibility index (Phi) is 3.19. The van der Waals surface area contributed by atoms with Gasteiger partial charge in [-0.3, -0.25) is 0 Å². The van der Waals surface area contributed by atoms with Crippen LogP contribution < -0.4 is 25.2 Å².